The Kier molecular flexibility index (Phi) is 5.28. The van der Waals surface area contributed by atoms with Gasteiger partial charge in [0.1, 0.15) is 5.75 Å². The fourth-order valence-electron chi connectivity index (χ4n) is 3.04. The van der Waals surface area contributed by atoms with E-state index in [9.17, 15) is 13.2 Å². The molecule has 0 fully saturated rings. The smallest absolute Gasteiger partial charge is 0.227 e. The Morgan fingerprint density at radius 2 is 2.19 bits per heavy atom. The SMILES string of the molecule is COc1cccc(CC(=O)N2Cc3ccnn3[C@@H](CNS(C)(=O)=O)C2)c1. The quantitative estimate of drug-likeness (QED) is 0.793. The third-order valence-corrected chi connectivity index (χ3v) is 5.00. The molecule has 2 aromatic rings. The molecule has 0 bridgehead atoms. The molecule has 1 amide bonds. The molecule has 8 nitrogen and oxygen atoms in total. The number of benzene rings is 1. The monoisotopic (exact) mass is 378 g/mol. The highest BCUT2D eigenvalue weighted by molar-refractivity contribution is 7.88. The highest BCUT2D eigenvalue weighted by Crippen LogP contribution is 2.21. The van der Waals surface area contributed by atoms with Gasteiger partial charge in [-0.2, -0.15) is 5.10 Å². The number of carbonyl (C=O) groups is 1. The third-order valence-electron chi connectivity index (χ3n) is 4.31. The van der Waals surface area contributed by atoms with E-state index < -0.39 is 10.0 Å². The van der Waals surface area contributed by atoms with Crippen LogP contribution in [0.25, 0.3) is 0 Å². The van der Waals surface area contributed by atoms with Crippen molar-refractivity contribution in [2.45, 2.75) is 19.0 Å². The molecule has 2 heterocycles. The van der Waals surface area contributed by atoms with Gasteiger partial charge in [0.05, 0.1) is 38.1 Å². The van der Waals surface area contributed by atoms with E-state index in [-0.39, 0.29) is 24.9 Å². The summed E-state index contributed by atoms with van der Waals surface area (Å²) in [5, 5.41) is 4.27. The summed E-state index contributed by atoms with van der Waals surface area (Å²) in [6.45, 7) is 1.05. The van der Waals surface area contributed by atoms with Crippen LogP contribution in [0.3, 0.4) is 0 Å². The van der Waals surface area contributed by atoms with Crippen molar-refractivity contribution in [1.82, 2.24) is 19.4 Å². The normalized spacial score (nSPS) is 17.0. The molecular weight excluding hydrogens is 356 g/mol. The van der Waals surface area contributed by atoms with E-state index in [0.717, 1.165) is 17.5 Å². The second-order valence-electron chi connectivity index (χ2n) is 6.34. The molecule has 9 heteroatoms. The van der Waals surface area contributed by atoms with Crippen molar-refractivity contribution in [1.29, 1.82) is 0 Å². The summed E-state index contributed by atoms with van der Waals surface area (Å²) < 4.78 is 32.3. The number of sulfonamides is 1. The number of hydrogen-bond acceptors (Lipinski definition) is 5. The van der Waals surface area contributed by atoms with Crippen LogP contribution in [0.15, 0.2) is 36.5 Å². The first-order valence-corrected chi connectivity index (χ1v) is 10.1. The maximum atomic E-state index is 12.8. The lowest BCUT2D eigenvalue weighted by atomic mass is 10.1. The molecule has 1 N–H and O–H groups in total. The number of hydrogen-bond donors (Lipinski definition) is 1. The Morgan fingerprint density at radius 1 is 1.38 bits per heavy atom. The molecule has 0 unspecified atom stereocenters. The molecule has 0 spiro atoms. The number of fused-ring (bicyclic) bond motifs is 1. The molecule has 0 radical (unpaired) electrons. The topological polar surface area (TPSA) is 93.5 Å². The minimum Gasteiger partial charge on any atom is -0.497 e. The van der Waals surface area contributed by atoms with Crippen molar-refractivity contribution in [2.24, 2.45) is 0 Å². The Bertz CT molecular complexity index is 894. The van der Waals surface area contributed by atoms with Crippen molar-refractivity contribution in [3.05, 3.63) is 47.8 Å². The summed E-state index contributed by atoms with van der Waals surface area (Å²) in [4.78, 5) is 14.5. The largest absolute Gasteiger partial charge is 0.497 e. The third kappa shape index (κ3) is 4.41. The van der Waals surface area contributed by atoms with Crippen molar-refractivity contribution < 1.29 is 17.9 Å². The van der Waals surface area contributed by atoms with Crippen LogP contribution in [0, 0.1) is 0 Å². The van der Waals surface area contributed by atoms with Gasteiger partial charge in [0.25, 0.3) is 0 Å². The second kappa shape index (κ2) is 7.46. The number of amides is 1. The molecule has 1 aliphatic rings. The van der Waals surface area contributed by atoms with Crippen molar-refractivity contribution in [2.75, 3.05) is 26.5 Å². The highest BCUT2D eigenvalue weighted by atomic mass is 32.2. The molecule has 140 valence electrons. The zero-order valence-corrected chi connectivity index (χ0v) is 15.6. The van der Waals surface area contributed by atoms with Crippen LogP contribution in [-0.4, -0.2) is 55.5 Å². The number of rotatable bonds is 6. The molecule has 26 heavy (non-hydrogen) atoms. The Hall–Kier alpha value is -2.39. The maximum absolute atomic E-state index is 12.8. The Morgan fingerprint density at radius 3 is 2.92 bits per heavy atom. The maximum Gasteiger partial charge on any atom is 0.227 e. The number of nitrogens with one attached hydrogen (secondary N) is 1. The highest BCUT2D eigenvalue weighted by Gasteiger charge is 2.28. The van der Waals surface area contributed by atoms with Crippen LogP contribution in [0.4, 0.5) is 0 Å². The van der Waals surface area contributed by atoms with Gasteiger partial charge in [0.15, 0.2) is 0 Å². The van der Waals surface area contributed by atoms with Gasteiger partial charge in [-0.15, -0.1) is 0 Å². The lowest BCUT2D eigenvalue weighted by molar-refractivity contribution is -0.132. The van der Waals surface area contributed by atoms with Crippen LogP contribution in [0.2, 0.25) is 0 Å². The van der Waals surface area contributed by atoms with Gasteiger partial charge in [-0.1, -0.05) is 12.1 Å². The van der Waals surface area contributed by atoms with E-state index in [1.54, 1.807) is 22.9 Å². The zero-order chi connectivity index (χ0) is 18.7. The fourth-order valence-corrected chi connectivity index (χ4v) is 3.54. The van der Waals surface area contributed by atoms with Gasteiger partial charge in [0, 0.05) is 19.3 Å². The molecular formula is C17H22N4O4S. The first kappa shape index (κ1) is 18.4. The first-order valence-electron chi connectivity index (χ1n) is 8.23. The number of carbonyl (C=O) groups excluding carboxylic acids is 1. The molecule has 1 aliphatic heterocycles. The molecule has 1 aromatic carbocycles. The van der Waals surface area contributed by atoms with Crippen LogP contribution in [-0.2, 0) is 27.8 Å². The summed E-state index contributed by atoms with van der Waals surface area (Å²) >= 11 is 0. The van der Waals surface area contributed by atoms with Crippen molar-refractivity contribution in [3.8, 4) is 5.75 Å². The average molecular weight is 378 g/mol. The van der Waals surface area contributed by atoms with Gasteiger partial charge >= 0.3 is 0 Å². The Balaban J connectivity index is 1.73. The van der Waals surface area contributed by atoms with E-state index in [1.165, 1.54) is 0 Å². The summed E-state index contributed by atoms with van der Waals surface area (Å²) in [5.41, 5.74) is 1.76. The standard InChI is InChI=1S/C17H22N4O4S/c1-25-16-5-3-4-13(8-16)9-17(22)20-11-14-6-7-18-21(14)15(12-20)10-19-26(2,23)24/h3-8,15,19H,9-12H2,1-2H3/t15-/m0/s1. The van der Waals surface area contributed by atoms with Crippen molar-refractivity contribution in [3.63, 3.8) is 0 Å². The Labute approximate surface area is 152 Å². The number of ether oxygens (including phenoxy) is 1. The number of nitrogens with zero attached hydrogens (tertiary/aromatic N) is 3. The number of aromatic nitrogens is 2. The van der Waals surface area contributed by atoms with Crippen LogP contribution in [0.5, 0.6) is 5.75 Å². The van der Waals surface area contributed by atoms with E-state index >= 15 is 0 Å². The van der Waals surface area contributed by atoms with E-state index in [0.29, 0.717) is 18.8 Å². The van der Waals surface area contributed by atoms with Gasteiger partial charge in [-0.25, -0.2) is 13.1 Å². The van der Waals surface area contributed by atoms with Crippen LogP contribution < -0.4 is 9.46 Å². The molecule has 0 saturated heterocycles. The van der Waals surface area contributed by atoms with E-state index in [4.69, 9.17) is 4.74 Å². The summed E-state index contributed by atoms with van der Waals surface area (Å²) in [6.07, 6.45) is 3.04. The number of methoxy groups -OCH3 is 1. The summed E-state index contributed by atoms with van der Waals surface area (Å²) in [6, 6.07) is 9.02. The lowest BCUT2D eigenvalue weighted by Crippen LogP contribution is -2.45. The minimum absolute atomic E-state index is 0.0185. The fraction of sp³-hybridized carbons (Fsp3) is 0.412. The minimum atomic E-state index is -3.31. The molecule has 1 aromatic heterocycles. The van der Waals surface area contributed by atoms with Gasteiger partial charge < -0.3 is 9.64 Å². The molecule has 3 rings (SSSR count). The summed E-state index contributed by atoms with van der Waals surface area (Å²) in [5.74, 6) is 0.692. The zero-order valence-electron chi connectivity index (χ0n) is 14.8. The molecule has 1 atom stereocenters. The van der Waals surface area contributed by atoms with E-state index in [1.807, 2.05) is 30.3 Å². The van der Waals surface area contributed by atoms with Gasteiger partial charge in [-0.3, -0.25) is 9.48 Å². The van der Waals surface area contributed by atoms with Crippen LogP contribution >= 0.6 is 0 Å². The second-order valence-corrected chi connectivity index (χ2v) is 8.18. The van der Waals surface area contributed by atoms with Gasteiger partial charge in [0.2, 0.25) is 15.9 Å². The molecule has 0 saturated carbocycles. The predicted octanol–water partition coefficient (Wildman–Crippen LogP) is 0.567. The average Bonchev–Trinajstić information content (AvgIpc) is 3.07. The lowest BCUT2D eigenvalue weighted by Gasteiger charge is -2.34. The predicted molar refractivity (Wildman–Crippen MR) is 96.2 cm³/mol. The first-order chi connectivity index (χ1) is 12.4. The van der Waals surface area contributed by atoms with Crippen molar-refractivity contribution >= 4 is 15.9 Å². The molecule has 0 aliphatic carbocycles. The van der Waals surface area contributed by atoms with E-state index in [2.05, 4.69) is 9.82 Å². The summed E-state index contributed by atoms with van der Waals surface area (Å²) in [7, 11) is -1.72. The van der Waals surface area contributed by atoms with Crippen LogP contribution in [0.1, 0.15) is 17.3 Å². The van der Waals surface area contributed by atoms with Gasteiger partial charge in [-0.05, 0) is 23.8 Å².